The molecule has 2 aliphatic carbocycles. The molecule has 0 aliphatic heterocycles. The third-order valence-corrected chi connectivity index (χ3v) is 4.21. The molecule has 0 unspecified atom stereocenters. The molecule has 2 nitrogen and oxygen atoms in total. The van der Waals surface area contributed by atoms with Crippen LogP contribution in [0.2, 0.25) is 0 Å². The minimum absolute atomic E-state index is 0.0178. The molecule has 0 heterocycles. The molecule has 3 rings (SSSR count). The third-order valence-electron chi connectivity index (χ3n) is 3.57. The van der Waals surface area contributed by atoms with E-state index >= 15 is 0 Å². The van der Waals surface area contributed by atoms with Crippen molar-refractivity contribution in [2.45, 2.75) is 31.7 Å². The van der Waals surface area contributed by atoms with Crippen LogP contribution in [0.4, 0.5) is 4.39 Å². The molecule has 2 saturated carbocycles. The first-order valence-electron chi connectivity index (χ1n) is 6.41. The van der Waals surface area contributed by atoms with Gasteiger partial charge in [0.2, 0.25) is 0 Å². The summed E-state index contributed by atoms with van der Waals surface area (Å²) in [7, 11) is 0. The minimum atomic E-state index is -0.372. The maximum atomic E-state index is 13.5. The predicted molar refractivity (Wildman–Crippen MR) is 70.9 cm³/mol. The lowest BCUT2D eigenvalue weighted by Crippen LogP contribution is -2.34. The van der Waals surface area contributed by atoms with E-state index in [2.05, 4.69) is 15.9 Å². The van der Waals surface area contributed by atoms with Gasteiger partial charge in [-0.05, 0) is 65.7 Å². The van der Waals surface area contributed by atoms with Gasteiger partial charge in [-0.15, -0.1) is 0 Å². The minimum Gasteiger partial charge on any atom is -0.335 e. The molecule has 0 bridgehead atoms. The average molecular weight is 312 g/mol. The quantitative estimate of drug-likeness (QED) is 0.832. The zero-order valence-corrected chi connectivity index (χ0v) is 11.6. The number of amides is 1. The largest absolute Gasteiger partial charge is 0.335 e. The van der Waals surface area contributed by atoms with E-state index in [1.54, 1.807) is 12.1 Å². The normalized spacial score (nSPS) is 18.8. The number of hydrogen-bond acceptors (Lipinski definition) is 1. The molecule has 18 heavy (non-hydrogen) atoms. The lowest BCUT2D eigenvalue weighted by Gasteiger charge is -2.22. The molecule has 0 aromatic heterocycles. The molecule has 1 aromatic rings. The highest BCUT2D eigenvalue weighted by atomic mass is 79.9. The molecular weight excluding hydrogens is 297 g/mol. The number of carbonyl (C=O) groups is 1. The van der Waals surface area contributed by atoms with Gasteiger partial charge in [-0.25, -0.2) is 4.39 Å². The monoisotopic (exact) mass is 311 g/mol. The van der Waals surface area contributed by atoms with Gasteiger partial charge in [0, 0.05) is 18.2 Å². The lowest BCUT2D eigenvalue weighted by molar-refractivity contribution is 0.0734. The molecule has 0 saturated heterocycles. The van der Waals surface area contributed by atoms with Crippen LogP contribution in [0.15, 0.2) is 22.7 Å². The maximum absolute atomic E-state index is 13.5. The van der Waals surface area contributed by atoms with Crippen LogP contribution in [-0.4, -0.2) is 23.4 Å². The topological polar surface area (TPSA) is 20.3 Å². The molecule has 4 heteroatoms. The molecule has 1 aromatic carbocycles. The number of benzene rings is 1. The van der Waals surface area contributed by atoms with E-state index in [0.29, 0.717) is 22.0 Å². The fourth-order valence-corrected chi connectivity index (χ4v) is 2.40. The summed E-state index contributed by atoms with van der Waals surface area (Å²) < 4.78 is 13.9. The van der Waals surface area contributed by atoms with Crippen LogP contribution < -0.4 is 0 Å². The maximum Gasteiger partial charge on any atom is 0.254 e. The number of hydrogen-bond donors (Lipinski definition) is 0. The third kappa shape index (κ3) is 2.58. The first-order valence-corrected chi connectivity index (χ1v) is 7.20. The highest BCUT2D eigenvalue weighted by molar-refractivity contribution is 9.10. The van der Waals surface area contributed by atoms with Crippen LogP contribution in [-0.2, 0) is 0 Å². The van der Waals surface area contributed by atoms with E-state index in [-0.39, 0.29) is 11.7 Å². The van der Waals surface area contributed by atoms with Gasteiger partial charge < -0.3 is 4.90 Å². The number of rotatable bonds is 4. The van der Waals surface area contributed by atoms with Crippen molar-refractivity contribution in [1.82, 2.24) is 4.90 Å². The Kier molecular flexibility index (Phi) is 3.14. The zero-order chi connectivity index (χ0) is 12.7. The summed E-state index contributed by atoms with van der Waals surface area (Å²) in [6, 6.07) is 5.02. The molecular formula is C14H15BrFNO. The Morgan fingerprint density at radius 1 is 1.33 bits per heavy atom. The summed E-state index contributed by atoms with van der Waals surface area (Å²) >= 11 is 3.11. The summed E-state index contributed by atoms with van der Waals surface area (Å²) in [5, 5.41) is 0. The number of nitrogens with zero attached hydrogens (tertiary/aromatic N) is 1. The predicted octanol–water partition coefficient (Wildman–Crippen LogP) is 3.60. The lowest BCUT2D eigenvalue weighted by atomic mass is 10.2. The molecule has 0 N–H and O–H groups in total. The van der Waals surface area contributed by atoms with Crippen molar-refractivity contribution < 1.29 is 9.18 Å². The molecule has 0 radical (unpaired) electrons. The van der Waals surface area contributed by atoms with Crippen molar-refractivity contribution in [3.8, 4) is 0 Å². The molecule has 1 amide bonds. The van der Waals surface area contributed by atoms with Crippen LogP contribution in [0, 0.1) is 11.7 Å². The average Bonchev–Trinajstić information content (AvgIpc) is 3.22. The second kappa shape index (κ2) is 4.65. The van der Waals surface area contributed by atoms with Gasteiger partial charge >= 0.3 is 0 Å². The van der Waals surface area contributed by atoms with E-state index in [4.69, 9.17) is 0 Å². The second-order valence-electron chi connectivity index (χ2n) is 5.26. The highest BCUT2D eigenvalue weighted by Gasteiger charge is 2.36. The van der Waals surface area contributed by atoms with Crippen LogP contribution in [0.3, 0.4) is 0 Å². The van der Waals surface area contributed by atoms with E-state index in [0.717, 1.165) is 19.4 Å². The zero-order valence-electron chi connectivity index (χ0n) is 10.0. The van der Waals surface area contributed by atoms with Crippen molar-refractivity contribution in [2.24, 2.45) is 5.92 Å². The Labute approximate surface area is 114 Å². The summed E-state index contributed by atoms with van der Waals surface area (Å²) in [6.07, 6.45) is 4.64. The first kappa shape index (κ1) is 12.2. The Bertz CT molecular complexity index is 483. The molecule has 0 spiro atoms. The van der Waals surface area contributed by atoms with Crippen LogP contribution >= 0.6 is 15.9 Å². The van der Waals surface area contributed by atoms with E-state index in [1.165, 1.54) is 18.9 Å². The molecule has 2 fully saturated rings. The standard InChI is InChI=1S/C14H15BrFNO/c15-12-6-3-10(7-13(12)16)14(18)17(11-4-5-11)8-9-1-2-9/h3,6-7,9,11H,1-2,4-5,8H2. The van der Waals surface area contributed by atoms with Crippen molar-refractivity contribution in [1.29, 1.82) is 0 Å². The fourth-order valence-electron chi connectivity index (χ4n) is 2.16. The van der Waals surface area contributed by atoms with Crippen molar-refractivity contribution in [3.05, 3.63) is 34.1 Å². The van der Waals surface area contributed by atoms with E-state index in [1.807, 2.05) is 4.90 Å². The van der Waals surface area contributed by atoms with Gasteiger partial charge in [0.25, 0.3) is 5.91 Å². The van der Waals surface area contributed by atoms with Gasteiger partial charge in [0.1, 0.15) is 5.82 Å². The highest BCUT2D eigenvalue weighted by Crippen LogP contribution is 2.35. The summed E-state index contributed by atoms with van der Waals surface area (Å²) in [4.78, 5) is 14.3. The van der Waals surface area contributed by atoms with E-state index < -0.39 is 0 Å². The Hall–Kier alpha value is -0.900. The summed E-state index contributed by atoms with van der Waals surface area (Å²) in [6.45, 7) is 0.848. The van der Waals surface area contributed by atoms with Gasteiger partial charge in [0.05, 0.1) is 4.47 Å². The molecule has 2 aliphatic rings. The Balaban J connectivity index is 1.79. The summed E-state index contributed by atoms with van der Waals surface area (Å²) in [5.41, 5.74) is 0.461. The van der Waals surface area contributed by atoms with Gasteiger partial charge in [-0.2, -0.15) is 0 Å². The fraction of sp³-hybridized carbons (Fsp3) is 0.500. The van der Waals surface area contributed by atoms with Gasteiger partial charge in [-0.1, -0.05) is 0 Å². The van der Waals surface area contributed by atoms with Crippen LogP contribution in [0.5, 0.6) is 0 Å². The SMILES string of the molecule is O=C(c1ccc(Br)c(F)c1)N(CC1CC1)C1CC1. The van der Waals surface area contributed by atoms with Crippen molar-refractivity contribution >= 4 is 21.8 Å². The molecule has 96 valence electrons. The van der Waals surface area contributed by atoms with Crippen molar-refractivity contribution in [2.75, 3.05) is 6.54 Å². The van der Waals surface area contributed by atoms with Gasteiger partial charge in [0.15, 0.2) is 0 Å². The van der Waals surface area contributed by atoms with Gasteiger partial charge in [-0.3, -0.25) is 4.79 Å². The van der Waals surface area contributed by atoms with Crippen molar-refractivity contribution in [3.63, 3.8) is 0 Å². The number of halogens is 2. The Morgan fingerprint density at radius 3 is 2.61 bits per heavy atom. The van der Waals surface area contributed by atoms with E-state index in [9.17, 15) is 9.18 Å². The molecule has 0 atom stereocenters. The first-order chi connectivity index (χ1) is 8.65. The Morgan fingerprint density at radius 2 is 2.06 bits per heavy atom. The van der Waals surface area contributed by atoms with Crippen LogP contribution in [0.25, 0.3) is 0 Å². The smallest absolute Gasteiger partial charge is 0.254 e. The second-order valence-corrected chi connectivity index (χ2v) is 6.12. The summed E-state index contributed by atoms with van der Waals surface area (Å²) in [5.74, 6) is 0.286. The van der Waals surface area contributed by atoms with Crippen LogP contribution in [0.1, 0.15) is 36.0 Å². The number of carbonyl (C=O) groups excluding carboxylic acids is 1.